The number of pyridine rings is 1. The summed E-state index contributed by atoms with van der Waals surface area (Å²) in [7, 11) is 1.52. The van der Waals surface area contributed by atoms with E-state index in [1.807, 2.05) is 13.8 Å². The number of thiocarbonyl (C=S) groups is 1. The van der Waals surface area contributed by atoms with E-state index in [1.54, 1.807) is 0 Å². The van der Waals surface area contributed by atoms with Gasteiger partial charge in [0.1, 0.15) is 16.5 Å². The Hall–Kier alpha value is -1.41. The van der Waals surface area contributed by atoms with E-state index in [1.165, 1.54) is 13.2 Å². The summed E-state index contributed by atoms with van der Waals surface area (Å²) in [5.74, 6) is 0.147. The van der Waals surface area contributed by atoms with Crippen LogP contribution in [0.5, 0.6) is 0 Å². The molecule has 3 N–H and O–H groups in total. The van der Waals surface area contributed by atoms with Crippen LogP contribution in [0.15, 0.2) is 12.1 Å². The monoisotopic (exact) mass is 321 g/mol. The van der Waals surface area contributed by atoms with Crippen LogP contribution < -0.4 is 11.1 Å². The summed E-state index contributed by atoms with van der Waals surface area (Å²) < 4.78 is 43.4. The van der Waals surface area contributed by atoms with Gasteiger partial charge in [0.2, 0.25) is 0 Å². The van der Waals surface area contributed by atoms with Gasteiger partial charge in [-0.2, -0.15) is 13.2 Å². The van der Waals surface area contributed by atoms with Crippen LogP contribution >= 0.6 is 12.2 Å². The van der Waals surface area contributed by atoms with Crippen LogP contribution in [-0.4, -0.2) is 29.7 Å². The van der Waals surface area contributed by atoms with E-state index in [2.05, 4.69) is 10.3 Å². The Bertz CT molecular complexity index is 506. The molecule has 0 aromatic carbocycles. The van der Waals surface area contributed by atoms with Crippen molar-refractivity contribution in [2.24, 2.45) is 11.7 Å². The number of methoxy groups -OCH3 is 1. The minimum atomic E-state index is -4.53. The predicted molar refractivity (Wildman–Crippen MR) is 79.3 cm³/mol. The SMILES string of the molecule is COCC(Nc1nc(C(F)(F)F)ccc1C(N)=S)C(C)C. The van der Waals surface area contributed by atoms with E-state index in [-0.39, 0.29) is 28.3 Å². The molecule has 0 aliphatic carbocycles. The zero-order valence-corrected chi connectivity index (χ0v) is 12.8. The first kappa shape index (κ1) is 17.6. The average molecular weight is 321 g/mol. The smallest absolute Gasteiger partial charge is 0.389 e. The molecule has 0 bridgehead atoms. The predicted octanol–water partition coefficient (Wildman–Crippen LogP) is 2.82. The highest BCUT2D eigenvalue weighted by Crippen LogP contribution is 2.30. The third-order valence-electron chi connectivity index (χ3n) is 2.92. The van der Waals surface area contributed by atoms with Crippen LogP contribution in [0.2, 0.25) is 0 Å². The fourth-order valence-corrected chi connectivity index (χ4v) is 1.85. The minimum absolute atomic E-state index is 0.0151. The highest BCUT2D eigenvalue weighted by molar-refractivity contribution is 7.80. The zero-order valence-electron chi connectivity index (χ0n) is 12.0. The Kier molecular flexibility index (Phi) is 5.91. The van der Waals surface area contributed by atoms with Crippen LogP contribution in [0.3, 0.4) is 0 Å². The van der Waals surface area contributed by atoms with Gasteiger partial charge >= 0.3 is 6.18 Å². The van der Waals surface area contributed by atoms with Gasteiger partial charge in [-0.05, 0) is 18.1 Å². The van der Waals surface area contributed by atoms with Gasteiger partial charge in [0.15, 0.2) is 0 Å². The third-order valence-corrected chi connectivity index (χ3v) is 3.14. The second kappa shape index (κ2) is 7.04. The van der Waals surface area contributed by atoms with Crippen molar-refractivity contribution in [1.29, 1.82) is 0 Å². The Morgan fingerprint density at radius 1 is 1.43 bits per heavy atom. The number of rotatable bonds is 6. The zero-order chi connectivity index (χ0) is 16.2. The molecule has 0 aliphatic heterocycles. The lowest BCUT2D eigenvalue weighted by atomic mass is 10.0. The summed E-state index contributed by atoms with van der Waals surface area (Å²) >= 11 is 4.85. The maximum absolute atomic E-state index is 12.8. The first-order valence-electron chi connectivity index (χ1n) is 6.30. The summed E-state index contributed by atoms with van der Waals surface area (Å²) in [6, 6.07) is 1.88. The van der Waals surface area contributed by atoms with Crippen LogP contribution in [0, 0.1) is 5.92 Å². The van der Waals surface area contributed by atoms with Gasteiger partial charge in [-0.25, -0.2) is 4.98 Å². The van der Waals surface area contributed by atoms with Crippen molar-refractivity contribution in [3.63, 3.8) is 0 Å². The lowest BCUT2D eigenvalue weighted by Crippen LogP contribution is -2.32. The van der Waals surface area contributed by atoms with E-state index >= 15 is 0 Å². The molecule has 0 spiro atoms. The van der Waals surface area contributed by atoms with Crippen LogP contribution in [-0.2, 0) is 10.9 Å². The molecule has 0 radical (unpaired) electrons. The number of anilines is 1. The molecule has 0 fully saturated rings. The molecule has 8 heteroatoms. The molecule has 0 saturated carbocycles. The van der Waals surface area contributed by atoms with E-state index in [0.717, 1.165) is 6.07 Å². The molecule has 1 atom stereocenters. The highest BCUT2D eigenvalue weighted by atomic mass is 32.1. The molecule has 0 saturated heterocycles. The molecular weight excluding hydrogens is 303 g/mol. The fraction of sp³-hybridized carbons (Fsp3) is 0.538. The lowest BCUT2D eigenvalue weighted by molar-refractivity contribution is -0.141. The highest BCUT2D eigenvalue weighted by Gasteiger charge is 2.33. The van der Waals surface area contributed by atoms with Crippen molar-refractivity contribution in [1.82, 2.24) is 4.98 Å². The Morgan fingerprint density at radius 2 is 2.05 bits per heavy atom. The maximum atomic E-state index is 12.8. The number of nitrogens with two attached hydrogens (primary N) is 1. The maximum Gasteiger partial charge on any atom is 0.433 e. The van der Waals surface area contributed by atoms with Crippen molar-refractivity contribution in [2.45, 2.75) is 26.1 Å². The number of hydrogen-bond donors (Lipinski definition) is 2. The van der Waals surface area contributed by atoms with Gasteiger partial charge in [0.05, 0.1) is 18.2 Å². The lowest BCUT2D eigenvalue weighted by Gasteiger charge is -2.24. The van der Waals surface area contributed by atoms with Gasteiger partial charge in [-0.1, -0.05) is 26.1 Å². The molecule has 0 amide bonds. The van der Waals surface area contributed by atoms with Crippen molar-refractivity contribution in [3.8, 4) is 0 Å². The first-order valence-corrected chi connectivity index (χ1v) is 6.71. The Balaban J connectivity index is 3.20. The molecule has 0 aliphatic rings. The molecule has 1 aromatic rings. The molecule has 1 rings (SSSR count). The summed E-state index contributed by atoms with van der Waals surface area (Å²) in [6.07, 6.45) is -4.53. The van der Waals surface area contributed by atoms with E-state index in [9.17, 15) is 13.2 Å². The van der Waals surface area contributed by atoms with Crippen molar-refractivity contribution < 1.29 is 17.9 Å². The van der Waals surface area contributed by atoms with Gasteiger partial charge in [0, 0.05) is 7.11 Å². The number of hydrogen-bond acceptors (Lipinski definition) is 4. The normalized spacial score (nSPS) is 13.3. The molecule has 1 aromatic heterocycles. The standard InChI is InChI=1S/C13H18F3N3OS/c1-7(2)9(6-20-3)18-12-8(11(17)21)4-5-10(19-12)13(14,15)16/h4-5,7,9H,6H2,1-3H3,(H2,17,21)(H,18,19). The fourth-order valence-electron chi connectivity index (χ4n) is 1.68. The number of halogens is 3. The van der Waals surface area contributed by atoms with Gasteiger partial charge < -0.3 is 15.8 Å². The van der Waals surface area contributed by atoms with Crippen LogP contribution in [0.25, 0.3) is 0 Å². The average Bonchev–Trinajstić information content (AvgIpc) is 2.36. The number of alkyl halides is 3. The van der Waals surface area contributed by atoms with Crippen molar-refractivity contribution in [3.05, 3.63) is 23.4 Å². The quantitative estimate of drug-likeness (QED) is 0.789. The Morgan fingerprint density at radius 3 is 2.48 bits per heavy atom. The second-order valence-corrected chi connectivity index (χ2v) is 5.34. The van der Waals surface area contributed by atoms with Crippen LogP contribution in [0.1, 0.15) is 25.1 Å². The first-order chi connectivity index (χ1) is 9.66. The topological polar surface area (TPSA) is 60.2 Å². The van der Waals surface area contributed by atoms with Gasteiger partial charge in [0.25, 0.3) is 0 Å². The second-order valence-electron chi connectivity index (χ2n) is 4.90. The van der Waals surface area contributed by atoms with Gasteiger partial charge in [-0.3, -0.25) is 0 Å². The van der Waals surface area contributed by atoms with E-state index < -0.39 is 11.9 Å². The minimum Gasteiger partial charge on any atom is -0.389 e. The summed E-state index contributed by atoms with van der Waals surface area (Å²) in [5, 5.41) is 2.94. The number of nitrogens with zero attached hydrogens (tertiary/aromatic N) is 1. The van der Waals surface area contributed by atoms with E-state index in [4.69, 9.17) is 22.7 Å². The van der Waals surface area contributed by atoms with E-state index in [0.29, 0.717) is 6.61 Å². The molecular formula is C13H18F3N3OS. The van der Waals surface area contributed by atoms with Crippen LogP contribution in [0.4, 0.5) is 19.0 Å². The summed E-state index contributed by atoms with van der Waals surface area (Å²) in [6.45, 7) is 4.17. The van der Waals surface area contributed by atoms with Gasteiger partial charge in [-0.15, -0.1) is 0 Å². The van der Waals surface area contributed by atoms with Crippen molar-refractivity contribution >= 4 is 23.0 Å². The summed E-state index contributed by atoms with van der Waals surface area (Å²) in [4.78, 5) is 3.60. The molecule has 1 unspecified atom stereocenters. The number of nitrogens with one attached hydrogen (secondary N) is 1. The molecule has 1 heterocycles. The number of aromatic nitrogens is 1. The number of ether oxygens (including phenoxy) is 1. The molecule has 21 heavy (non-hydrogen) atoms. The summed E-state index contributed by atoms with van der Waals surface area (Å²) in [5.41, 5.74) is 4.82. The molecule has 4 nitrogen and oxygen atoms in total. The Labute approximate surface area is 126 Å². The third kappa shape index (κ3) is 4.82. The van der Waals surface area contributed by atoms with Crippen molar-refractivity contribution in [2.75, 3.05) is 19.0 Å². The molecule has 118 valence electrons. The largest absolute Gasteiger partial charge is 0.433 e.